The van der Waals surface area contributed by atoms with Crippen molar-refractivity contribution in [2.24, 2.45) is 5.92 Å². The molecule has 0 aromatic carbocycles. The van der Waals surface area contributed by atoms with Crippen molar-refractivity contribution in [1.82, 2.24) is 0 Å². The van der Waals surface area contributed by atoms with Crippen molar-refractivity contribution in [3.05, 3.63) is 0 Å². The number of aliphatic hydroxyl groups excluding tert-OH is 1. The molecule has 0 saturated carbocycles. The molecule has 0 aromatic rings. The third-order valence-electron chi connectivity index (χ3n) is 2.00. The Morgan fingerprint density at radius 1 is 1.00 bits per heavy atom. The lowest BCUT2D eigenvalue weighted by Gasteiger charge is -2.06. The number of unbranched alkanes of at least 4 members (excludes halogenated alkanes) is 1. The van der Waals surface area contributed by atoms with Gasteiger partial charge in [-0.05, 0) is 38.5 Å². The summed E-state index contributed by atoms with van der Waals surface area (Å²) in [5, 5.41) is 8.99. The van der Waals surface area contributed by atoms with E-state index in [0.717, 1.165) is 44.8 Å². The zero-order valence-electron chi connectivity index (χ0n) is 9.25. The number of aliphatic hydroxyl groups is 1. The highest BCUT2D eigenvalue weighted by molar-refractivity contribution is 4.48. The monoisotopic (exact) mass is 188 g/mol. The van der Waals surface area contributed by atoms with Gasteiger partial charge in [0.1, 0.15) is 0 Å². The van der Waals surface area contributed by atoms with Crippen molar-refractivity contribution >= 4 is 0 Å². The average molecular weight is 188 g/mol. The van der Waals surface area contributed by atoms with Gasteiger partial charge in [0.2, 0.25) is 0 Å². The van der Waals surface area contributed by atoms with Crippen LogP contribution in [0, 0.1) is 5.92 Å². The van der Waals surface area contributed by atoms with E-state index in [-0.39, 0.29) is 6.10 Å². The summed E-state index contributed by atoms with van der Waals surface area (Å²) < 4.78 is 5.44. The fraction of sp³-hybridized carbons (Fsp3) is 1.00. The van der Waals surface area contributed by atoms with Crippen molar-refractivity contribution < 1.29 is 9.84 Å². The number of hydrogen-bond donors (Lipinski definition) is 1. The van der Waals surface area contributed by atoms with Crippen LogP contribution >= 0.6 is 0 Å². The maximum atomic E-state index is 8.99. The van der Waals surface area contributed by atoms with Gasteiger partial charge in [-0.3, -0.25) is 0 Å². The van der Waals surface area contributed by atoms with E-state index in [1.807, 2.05) is 6.92 Å². The Kier molecular flexibility index (Phi) is 8.46. The summed E-state index contributed by atoms with van der Waals surface area (Å²) in [5.41, 5.74) is 0. The second-order valence-electron chi connectivity index (χ2n) is 4.14. The molecular weight excluding hydrogens is 164 g/mol. The molecule has 0 radical (unpaired) electrons. The molecule has 0 rings (SSSR count). The van der Waals surface area contributed by atoms with Gasteiger partial charge in [0.25, 0.3) is 0 Å². The van der Waals surface area contributed by atoms with Gasteiger partial charge in [-0.1, -0.05) is 13.8 Å². The van der Waals surface area contributed by atoms with E-state index in [1.54, 1.807) is 0 Å². The first-order valence-corrected chi connectivity index (χ1v) is 5.38. The summed E-state index contributed by atoms with van der Waals surface area (Å²) in [6.07, 6.45) is 4.03. The quantitative estimate of drug-likeness (QED) is 0.593. The number of ether oxygens (including phenoxy) is 1. The zero-order valence-corrected chi connectivity index (χ0v) is 9.25. The summed E-state index contributed by atoms with van der Waals surface area (Å²) in [7, 11) is 0. The highest BCUT2D eigenvalue weighted by Gasteiger charge is 1.96. The average Bonchev–Trinajstić information content (AvgIpc) is 2.01. The fourth-order valence-corrected chi connectivity index (χ4v) is 1.06. The molecule has 0 saturated heterocycles. The molecule has 0 fully saturated rings. The molecule has 1 atom stereocenters. The first-order chi connectivity index (χ1) is 6.13. The van der Waals surface area contributed by atoms with Gasteiger partial charge < -0.3 is 9.84 Å². The maximum Gasteiger partial charge on any atom is 0.0512 e. The minimum absolute atomic E-state index is 0.157. The van der Waals surface area contributed by atoms with Crippen LogP contribution in [-0.2, 0) is 4.74 Å². The third kappa shape index (κ3) is 11.9. The summed E-state index contributed by atoms with van der Waals surface area (Å²) in [4.78, 5) is 0. The second-order valence-corrected chi connectivity index (χ2v) is 4.14. The van der Waals surface area contributed by atoms with Gasteiger partial charge >= 0.3 is 0 Å². The molecule has 2 nitrogen and oxygen atoms in total. The van der Waals surface area contributed by atoms with Crippen LogP contribution in [0.25, 0.3) is 0 Å². The van der Waals surface area contributed by atoms with E-state index in [2.05, 4.69) is 13.8 Å². The minimum atomic E-state index is -0.157. The van der Waals surface area contributed by atoms with Crippen molar-refractivity contribution in [2.75, 3.05) is 13.2 Å². The van der Waals surface area contributed by atoms with Crippen LogP contribution in [0.3, 0.4) is 0 Å². The Morgan fingerprint density at radius 3 is 2.23 bits per heavy atom. The lowest BCUT2D eigenvalue weighted by atomic mass is 10.1. The Bertz CT molecular complexity index is 88.3. The van der Waals surface area contributed by atoms with Gasteiger partial charge in [-0.2, -0.15) is 0 Å². The van der Waals surface area contributed by atoms with E-state index < -0.39 is 0 Å². The van der Waals surface area contributed by atoms with Crippen molar-refractivity contribution in [1.29, 1.82) is 0 Å². The smallest absolute Gasteiger partial charge is 0.0512 e. The molecule has 0 aliphatic heterocycles. The molecule has 0 aliphatic rings. The van der Waals surface area contributed by atoms with Crippen LogP contribution < -0.4 is 0 Å². The van der Waals surface area contributed by atoms with Crippen LogP contribution in [0.5, 0.6) is 0 Å². The topological polar surface area (TPSA) is 29.5 Å². The summed E-state index contributed by atoms with van der Waals surface area (Å²) in [6, 6.07) is 0. The Hall–Kier alpha value is -0.0800. The van der Waals surface area contributed by atoms with E-state index in [0.29, 0.717) is 0 Å². The van der Waals surface area contributed by atoms with E-state index in [1.165, 1.54) is 0 Å². The largest absolute Gasteiger partial charge is 0.393 e. The van der Waals surface area contributed by atoms with Crippen molar-refractivity contribution in [3.8, 4) is 0 Å². The summed E-state index contributed by atoms with van der Waals surface area (Å²) in [6.45, 7) is 7.97. The predicted octanol–water partition coefficient (Wildman–Crippen LogP) is 2.60. The van der Waals surface area contributed by atoms with Crippen LogP contribution in [0.4, 0.5) is 0 Å². The lowest BCUT2D eigenvalue weighted by Crippen LogP contribution is -2.03. The SMILES string of the molecule is CC(C)CCOCCCCC(C)O. The van der Waals surface area contributed by atoms with Gasteiger partial charge in [-0.25, -0.2) is 0 Å². The molecule has 1 N–H and O–H groups in total. The molecule has 0 aromatic heterocycles. The van der Waals surface area contributed by atoms with Gasteiger partial charge in [-0.15, -0.1) is 0 Å². The van der Waals surface area contributed by atoms with Gasteiger partial charge in [0, 0.05) is 13.2 Å². The van der Waals surface area contributed by atoms with Gasteiger partial charge in [0.05, 0.1) is 6.10 Å². The number of rotatable bonds is 8. The molecule has 13 heavy (non-hydrogen) atoms. The number of hydrogen-bond acceptors (Lipinski definition) is 2. The minimum Gasteiger partial charge on any atom is -0.393 e. The van der Waals surface area contributed by atoms with Crippen LogP contribution in [0.15, 0.2) is 0 Å². The molecule has 0 spiro atoms. The fourth-order valence-electron chi connectivity index (χ4n) is 1.06. The Morgan fingerprint density at radius 2 is 1.69 bits per heavy atom. The highest BCUT2D eigenvalue weighted by atomic mass is 16.5. The third-order valence-corrected chi connectivity index (χ3v) is 2.00. The molecule has 0 amide bonds. The molecule has 80 valence electrons. The Labute approximate surface area is 82.3 Å². The normalized spacial score (nSPS) is 13.6. The van der Waals surface area contributed by atoms with Crippen LogP contribution in [0.2, 0.25) is 0 Å². The maximum absolute atomic E-state index is 8.99. The summed E-state index contributed by atoms with van der Waals surface area (Å²) in [5.74, 6) is 0.734. The van der Waals surface area contributed by atoms with Gasteiger partial charge in [0.15, 0.2) is 0 Å². The van der Waals surface area contributed by atoms with Crippen molar-refractivity contribution in [2.45, 2.75) is 52.6 Å². The Balaban J connectivity index is 2.92. The lowest BCUT2D eigenvalue weighted by molar-refractivity contribution is 0.114. The molecule has 2 heteroatoms. The molecule has 1 unspecified atom stereocenters. The molecule has 0 bridgehead atoms. The van der Waals surface area contributed by atoms with E-state index in [4.69, 9.17) is 9.84 Å². The van der Waals surface area contributed by atoms with Crippen LogP contribution in [-0.4, -0.2) is 24.4 Å². The standard InChI is InChI=1S/C11H24O2/c1-10(2)7-9-13-8-5-4-6-11(3)12/h10-12H,4-9H2,1-3H3. The van der Waals surface area contributed by atoms with Crippen LogP contribution in [0.1, 0.15) is 46.5 Å². The van der Waals surface area contributed by atoms with E-state index in [9.17, 15) is 0 Å². The molecule has 0 aliphatic carbocycles. The first kappa shape index (κ1) is 12.9. The zero-order chi connectivity index (χ0) is 10.1. The first-order valence-electron chi connectivity index (χ1n) is 5.38. The summed E-state index contributed by atoms with van der Waals surface area (Å²) >= 11 is 0. The van der Waals surface area contributed by atoms with Crippen molar-refractivity contribution in [3.63, 3.8) is 0 Å². The predicted molar refractivity (Wildman–Crippen MR) is 55.8 cm³/mol. The van der Waals surface area contributed by atoms with E-state index >= 15 is 0 Å². The highest BCUT2D eigenvalue weighted by Crippen LogP contribution is 2.02. The molecule has 0 heterocycles. The second kappa shape index (κ2) is 8.52. The molecular formula is C11H24O2.